The fourth-order valence-corrected chi connectivity index (χ4v) is 1.10. The molecular formula is C10H15N3O. The topological polar surface area (TPSA) is 53.2 Å². The number of anilines is 1. The van der Waals surface area contributed by atoms with Crippen LogP contribution in [0.2, 0.25) is 0 Å². The lowest BCUT2D eigenvalue weighted by atomic mass is 10.2. The summed E-state index contributed by atoms with van der Waals surface area (Å²) in [5.74, 6) is -0.0649. The number of hydrogen-bond acceptors (Lipinski definition) is 3. The molecule has 3 N–H and O–H groups in total. The molecule has 76 valence electrons. The molecule has 1 aromatic carbocycles. The molecule has 4 heteroatoms. The maximum Gasteiger partial charge on any atom is 0.239 e. The van der Waals surface area contributed by atoms with E-state index in [1.165, 1.54) is 0 Å². The zero-order chi connectivity index (χ0) is 10.4. The van der Waals surface area contributed by atoms with E-state index in [9.17, 15) is 4.79 Å². The molecule has 1 rings (SSSR count). The Labute approximate surface area is 83.7 Å². The minimum Gasteiger partial charge on any atom is -0.325 e. The van der Waals surface area contributed by atoms with Crippen LogP contribution in [0.1, 0.15) is 5.56 Å². The van der Waals surface area contributed by atoms with Crippen molar-refractivity contribution in [3.8, 4) is 0 Å². The summed E-state index contributed by atoms with van der Waals surface area (Å²) in [5.41, 5.74) is 7.36. The first-order valence-electron chi connectivity index (χ1n) is 4.48. The van der Waals surface area contributed by atoms with Gasteiger partial charge in [-0.1, -0.05) is 12.1 Å². The number of aryl methyl sites for hydroxylation is 1. The average Bonchev–Trinajstić information content (AvgIpc) is 2.15. The van der Waals surface area contributed by atoms with Gasteiger partial charge < -0.3 is 5.32 Å². The Kier molecular flexibility index (Phi) is 4.10. The first-order valence-corrected chi connectivity index (χ1v) is 4.48. The third-order valence-electron chi connectivity index (χ3n) is 1.73. The quantitative estimate of drug-likeness (QED) is 0.616. The van der Waals surface area contributed by atoms with Crippen LogP contribution in [0.5, 0.6) is 0 Å². The van der Waals surface area contributed by atoms with Gasteiger partial charge in [0, 0.05) is 5.69 Å². The second kappa shape index (κ2) is 5.36. The molecule has 14 heavy (non-hydrogen) atoms. The van der Waals surface area contributed by atoms with Crippen molar-refractivity contribution in [1.82, 2.24) is 10.9 Å². The van der Waals surface area contributed by atoms with Gasteiger partial charge in [-0.15, -0.1) is 0 Å². The van der Waals surface area contributed by atoms with Gasteiger partial charge in [-0.2, -0.15) is 0 Å². The number of hydrazine groups is 1. The van der Waals surface area contributed by atoms with Crippen molar-refractivity contribution in [2.45, 2.75) is 6.92 Å². The molecule has 0 saturated heterocycles. The van der Waals surface area contributed by atoms with E-state index in [0.29, 0.717) is 0 Å². The van der Waals surface area contributed by atoms with E-state index >= 15 is 0 Å². The fraction of sp³-hybridized carbons (Fsp3) is 0.300. The molecule has 1 aromatic rings. The molecule has 0 spiro atoms. The monoisotopic (exact) mass is 193 g/mol. The standard InChI is InChI=1S/C10H15N3O/c1-8-4-3-5-9(6-8)13-10(14)7-12-11-2/h3-6,11-12H,7H2,1-2H3,(H,13,14). The van der Waals surface area contributed by atoms with Crippen LogP contribution >= 0.6 is 0 Å². The highest BCUT2D eigenvalue weighted by Crippen LogP contribution is 2.08. The average molecular weight is 193 g/mol. The fourth-order valence-electron chi connectivity index (χ4n) is 1.10. The summed E-state index contributed by atoms with van der Waals surface area (Å²) in [6, 6.07) is 7.69. The first kappa shape index (κ1) is 10.7. The zero-order valence-electron chi connectivity index (χ0n) is 8.42. The van der Waals surface area contributed by atoms with Crippen molar-refractivity contribution in [2.75, 3.05) is 18.9 Å². The number of hydrogen-bond donors (Lipinski definition) is 3. The van der Waals surface area contributed by atoms with Gasteiger partial charge >= 0.3 is 0 Å². The molecule has 0 aliphatic heterocycles. The smallest absolute Gasteiger partial charge is 0.239 e. The Morgan fingerprint density at radius 3 is 2.86 bits per heavy atom. The Morgan fingerprint density at radius 2 is 2.21 bits per heavy atom. The lowest BCUT2D eigenvalue weighted by Gasteiger charge is -2.06. The molecule has 0 bridgehead atoms. The normalized spacial score (nSPS) is 9.86. The van der Waals surface area contributed by atoms with E-state index in [1.54, 1.807) is 7.05 Å². The predicted molar refractivity (Wildman–Crippen MR) is 56.9 cm³/mol. The molecule has 0 aliphatic carbocycles. The number of rotatable bonds is 4. The minimum absolute atomic E-state index is 0.0649. The number of carbonyl (C=O) groups excluding carboxylic acids is 1. The van der Waals surface area contributed by atoms with Gasteiger partial charge in [0.15, 0.2) is 0 Å². The summed E-state index contributed by atoms with van der Waals surface area (Å²) in [6.45, 7) is 2.24. The van der Waals surface area contributed by atoms with Gasteiger partial charge in [-0.25, -0.2) is 5.43 Å². The van der Waals surface area contributed by atoms with Crippen LogP contribution in [0.25, 0.3) is 0 Å². The number of carbonyl (C=O) groups is 1. The SMILES string of the molecule is CNNCC(=O)Nc1cccc(C)c1. The Bertz CT molecular complexity index is 312. The highest BCUT2D eigenvalue weighted by atomic mass is 16.2. The molecule has 0 heterocycles. The summed E-state index contributed by atoms with van der Waals surface area (Å²) in [4.78, 5) is 11.3. The summed E-state index contributed by atoms with van der Waals surface area (Å²) in [6.07, 6.45) is 0. The number of benzene rings is 1. The molecule has 0 unspecified atom stereocenters. The summed E-state index contributed by atoms with van der Waals surface area (Å²) >= 11 is 0. The number of amides is 1. The van der Waals surface area contributed by atoms with Crippen LogP contribution < -0.4 is 16.2 Å². The van der Waals surface area contributed by atoms with Crippen LogP contribution in [0.15, 0.2) is 24.3 Å². The van der Waals surface area contributed by atoms with Crippen LogP contribution in [-0.2, 0) is 4.79 Å². The lowest BCUT2D eigenvalue weighted by Crippen LogP contribution is -2.35. The largest absolute Gasteiger partial charge is 0.325 e. The van der Waals surface area contributed by atoms with Crippen molar-refractivity contribution in [2.24, 2.45) is 0 Å². The predicted octanol–water partition coefficient (Wildman–Crippen LogP) is 0.658. The van der Waals surface area contributed by atoms with E-state index in [1.807, 2.05) is 31.2 Å². The maximum atomic E-state index is 11.3. The molecule has 0 radical (unpaired) electrons. The minimum atomic E-state index is -0.0649. The Hall–Kier alpha value is -1.39. The van der Waals surface area contributed by atoms with Gasteiger partial charge in [0.1, 0.15) is 0 Å². The van der Waals surface area contributed by atoms with Gasteiger partial charge in [0.05, 0.1) is 6.54 Å². The number of nitrogens with one attached hydrogen (secondary N) is 3. The highest BCUT2D eigenvalue weighted by Gasteiger charge is 2.00. The van der Waals surface area contributed by atoms with Gasteiger partial charge in [0.25, 0.3) is 0 Å². The van der Waals surface area contributed by atoms with E-state index in [2.05, 4.69) is 16.2 Å². The molecule has 0 atom stereocenters. The third kappa shape index (κ3) is 3.55. The van der Waals surface area contributed by atoms with Gasteiger partial charge in [-0.3, -0.25) is 10.2 Å². The van der Waals surface area contributed by atoms with E-state index < -0.39 is 0 Å². The molecular weight excluding hydrogens is 178 g/mol. The molecule has 4 nitrogen and oxygen atoms in total. The van der Waals surface area contributed by atoms with Crippen LogP contribution in [0.4, 0.5) is 5.69 Å². The summed E-state index contributed by atoms with van der Waals surface area (Å²) < 4.78 is 0. The van der Waals surface area contributed by atoms with Crippen molar-refractivity contribution in [3.63, 3.8) is 0 Å². The van der Waals surface area contributed by atoms with Gasteiger partial charge in [0.2, 0.25) is 5.91 Å². The van der Waals surface area contributed by atoms with E-state index in [4.69, 9.17) is 0 Å². The maximum absolute atomic E-state index is 11.3. The van der Waals surface area contributed by atoms with E-state index in [-0.39, 0.29) is 12.5 Å². The third-order valence-corrected chi connectivity index (χ3v) is 1.73. The van der Waals surface area contributed by atoms with Gasteiger partial charge in [-0.05, 0) is 31.7 Å². The van der Waals surface area contributed by atoms with Crippen LogP contribution in [-0.4, -0.2) is 19.5 Å². The van der Waals surface area contributed by atoms with Crippen molar-refractivity contribution < 1.29 is 4.79 Å². The lowest BCUT2D eigenvalue weighted by molar-refractivity contribution is -0.115. The van der Waals surface area contributed by atoms with Crippen molar-refractivity contribution >= 4 is 11.6 Å². The molecule has 0 fully saturated rings. The van der Waals surface area contributed by atoms with Crippen LogP contribution in [0.3, 0.4) is 0 Å². The summed E-state index contributed by atoms with van der Waals surface area (Å²) in [5, 5.41) is 2.78. The van der Waals surface area contributed by atoms with Crippen LogP contribution in [0, 0.1) is 6.92 Å². The Balaban J connectivity index is 2.47. The highest BCUT2D eigenvalue weighted by molar-refractivity contribution is 5.92. The molecule has 1 amide bonds. The molecule has 0 aliphatic rings. The first-order chi connectivity index (χ1) is 6.72. The zero-order valence-corrected chi connectivity index (χ0v) is 8.42. The molecule has 0 saturated carbocycles. The van der Waals surface area contributed by atoms with Crippen molar-refractivity contribution in [1.29, 1.82) is 0 Å². The second-order valence-corrected chi connectivity index (χ2v) is 3.02. The Morgan fingerprint density at radius 1 is 1.43 bits per heavy atom. The van der Waals surface area contributed by atoms with E-state index in [0.717, 1.165) is 11.3 Å². The van der Waals surface area contributed by atoms with Crippen molar-refractivity contribution in [3.05, 3.63) is 29.8 Å². The summed E-state index contributed by atoms with van der Waals surface area (Å²) in [7, 11) is 1.72. The molecule has 0 aromatic heterocycles. The second-order valence-electron chi connectivity index (χ2n) is 3.02.